The smallest absolute Gasteiger partial charge is 0.419 e. The van der Waals surface area contributed by atoms with Crippen LogP contribution >= 0.6 is 0 Å². The zero-order valence-electron chi connectivity index (χ0n) is 18.0. The fourth-order valence-corrected chi connectivity index (χ4v) is 3.37. The number of hydrogen-bond donors (Lipinski definition) is 1. The van der Waals surface area contributed by atoms with E-state index in [9.17, 15) is 9.59 Å². The Morgan fingerprint density at radius 2 is 1.58 bits per heavy atom. The third-order valence-electron chi connectivity index (χ3n) is 4.81. The van der Waals surface area contributed by atoms with Gasteiger partial charge in [0.1, 0.15) is 11.4 Å². The predicted molar refractivity (Wildman–Crippen MR) is 115 cm³/mol. The third-order valence-corrected chi connectivity index (χ3v) is 4.81. The molecule has 9 heteroatoms. The van der Waals surface area contributed by atoms with Crippen molar-refractivity contribution in [2.75, 3.05) is 40.8 Å². The summed E-state index contributed by atoms with van der Waals surface area (Å²) in [6.07, 6.45) is -0.728. The van der Waals surface area contributed by atoms with Gasteiger partial charge in [0.25, 0.3) is 0 Å². The molecule has 0 bridgehead atoms. The van der Waals surface area contributed by atoms with E-state index in [1.807, 2.05) is 0 Å². The monoisotopic (exact) mass is 428 g/mol. The first-order valence-corrected chi connectivity index (χ1v) is 9.41. The summed E-state index contributed by atoms with van der Waals surface area (Å²) in [6.45, 7) is 1.80. The van der Waals surface area contributed by atoms with Gasteiger partial charge in [0.05, 0.1) is 46.3 Å². The second kappa shape index (κ2) is 8.86. The molecule has 9 nitrogen and oxygen atoms in total. The highest BCUT2D eigenvalue weighted by atomic mass is 16.5. The summed E-state index contributed by atoms with van der Waals surface area (Å²) >= 11 is 0. The molecular weight excluding hydrogens is 404 g/mol. The number of carbonyl (C=O) groups is 2. The van der Waals surface area contributed by atoms with E-state index in [2.05, 4.69) is 0 Å². The number of carbonyl (C=O) groups excluding carboxylic acids is 2. The maximum atomic E-state index is 13.6. The van der Waals surface area contributed by atoms with Gasteiger partial charge in [-0.25, -0.2) is 9.36 Å². The summed E-state index contributed by atoms with van der Waals surface area (Å²) in [6, 6.07) is 8.00. The molecule has 0 aliphatic carbocycles. The molecule has 1 aromatic heterocycles. The second-order valence-electron chi connectivity index (χ2n) is 6.42. The van der Waals surface area contributed by atoms with Crippen LogP contribution in [-0.2, 0) is 4.74 Å². The average molecular weight is 428 g/mol. The Morgan fingerprint density at radius 3 is 2.10 bits per heavy atom. The van der Waals surface area contributed by atoms with E-state index in [4.69, 9.17) is 29.4 Å². The fourth-order valence-electron chi connectivity index (χ4n) is 3.37. The van der Waals surface area contributed by atoms with Crippen molar-refractivity contribution < 1.29 is 33.3 Å². The zero-order chi connectivity index (χ0) is 22.7. The average Bonchev–Trinajstić information content (AvgIpc) is 3.09. The maximum absolute atomic E-state index is 13.6. The molecule has 1 heterocycles. The van der Waals surface area contributed by atoms with Gasteiger partial charge in [0.15, 0.2) is 11.5 Å². The molecule has 3 aromatic rings. The largest absolute Gasteiger partial charge is 0.497 e. The summed E-state index contributed by atoms with van der Waals surface area (Å²) in [5.41, 5.74) is 7.03. The van der Waals surface area contributed by atoms with Gasteiger partial charge < -0.3 is 29.4 Å². The molecule has 31 heavy (non-hydrogen) atoms. The van der Waals surface area contributed by atoms with Crippen molar-refractivity contribution >= 4 is 28.5 Å². The Balaban J connectivity index is 2.29. The lowest BCUT2D eigenvalue weighted by Gasteiger charge is -2.14. The summed E-state index contributed by atoms with van der Waals surface area (Å²) in [5, 5.41) is 0.518. The van der Waals surface area contributed by atoms with Crippen LogP contribution in [0.15, 0.2) is 30.3 Å². The van der Waals surface area contributed by atoms with Crippen molar-refractivity contribution in [3.8, 4) is 23.0 Å². The number of rotatable bonds is 7. The van der Waals surface area contributed by atoms with E-state index < -0.39 is 11.9 Å². The van der Waals surface area contributed by atoms with Crippen LogP contribution in [-0.4, -0.2) is 51.5 Å². The van der Waals surface area contributed by atoms with Gasteiger partial charge in [-0.15, -0.1) is 0 Å². The lowest BCUT2D eigenvalue weighted by molar-refractivity contribution is 0.102. The highest BCUT2D eigenvalue weighted by Crippen LogP contribution is 2.40. The van der Waals surface area contributed by atoms with Gasteiger partial charge in [-0.05, 0) is 31.2 Å². The van der Waals surface area contributed by atoms with Gasteiger partial charge in [-0.1, -0.05) is 0 Å². The number of nitrogen functional groups attached to an aromatic ring is 1. The summed E-state index contributed by atoms with van der Waals surface area (Å²) in [5.74, 6) is 0.918. The van der Waals surface area contributed by atoms with Gasteiger partial charge in [-0.3, -0.25) is 4.79 Å². The number of fused-ring (bicyclic) bond motifs is 1. The van der Waals surface area contributed by atoms with Gasteiger partial charge in [-0.2, -0.15) is 0 Å². The number of ether oxygens (including phenoxy) is 5. The number of aromatic nitrogens is 1. The van der Waals surface area contributed by atoms with Crippen molar-refractivity contribution in [3.63, 3.8) is 0 Å². The summed E-state index contributed by atoms with van der Waals surface area (Å²) in [4.78, 5) is 26.4. The quantitative estimate of drug-likeness (QED) is 0.569. The molecule has 0 amide bonds. The molecule has 164 valence electrons. The summed E-state index contributed by atoms with van der Waals surface area (Å²) < 4.78 is 27.6. The number of methoxy groups -OCH3 is 4. The Kier molecular flexibility index (Phi) is 6.24. The first kappa shape index (κ1) is 21.8. The van der Waals surface area contributed by atoms with E-state index in [-0.39, 0.29) is 23.6 Å². The van der Waals surface area contributed by atoms with Gasteiger partial charge >= 0.3 is 6.09 Å². The molecule has 2 aromatic carbocycles. The molecule has 0 spiro atoms. The number of nitrogens with zero attached hydrogens (tertiary/aromatic N) is 1. The topological polar surface area (TPSA) is 111 Å². The Morgan fingerprint density at radius 1 is 0.935 bits per heavy atom. The molecule has 3 rings (SSSR count). The van der Waals surface area contributed by atoms with Crippen LogP contribution in [0.3, 0.4) is 0 Å². The molecule has 0 saturated heterocycles. The normalized spacial score (nSPS) is 10.6. The fraction of sp³-hybridized carbons (Fsp3) is 0.273. The molecule has 0 aliphatic rings. The van der Waals surface area contributed by atoms with E-state index in [0.717, 1.165) is 4.57 Å². The number of benzene rings is 2. The Bertz CT molecular complexity index is 1130. The highest BCUT2D eigenvalue weighted by Gasteiger charge is 2.28. The molecule has 0 atom stereocenters. The molecular formula is C22H24N2O7. The predicted octanol–water partition coefficient (Wildman–Crippen LogP) is 3.49. The van der Waals surface area contributed by atoms with Crippen molar-refractivity contribution in [1.82, 2.24) is 4.57 Å². The highest BCUT2D eigenvalue weighted by molar-refractivity contribution is 6.19. The van der Waals surface area contributed by atoms with Gasteiger partial charge in [0, 0.05) is 17.0 Å². The van der Waals surface area contributed by atoms with Crippen LogP contribution in [0.4, 0.5) is 10.5 Å². The van der Waals surface area contributed by atoms with Crippen molar-refractivity contribution in [2.24, 2.45) is 0 Å². The van der Waals surface area contributed by atoms with Gasteiger partial charge in [0.2, 0.25) is 11.5 Å². The van der Waals surface area contributed by atoms with Crippen LogP contribution in [0.2, 0.25) is 0 Å². The minimum Gasteiger partial charge on any atom is -0.497 e. The Labute approximate surface area is 179 Å². The van der Waals surface area contributed by atoms with E-state index in [0.29, 0.717) is 33.9 Å². The lowest BCUT2D eigenvalue weighted by Crippen LogP contribution is -2.20. The maximum Gasteiger partial charge on any atom is 0.419 e. The van der Waals surface area contributed by atoms with Crippen LogP contribution in [0.5, 0.6) is 23.0 Å². The number of hydrogen-bond acceptors (Lipinski definition) is 8. The minimum absolute atomic E-state index is 0.0315. The zero-order valence-corrected chi connectivity index (χ0v) is 18.0. The second-order valence-corrected chi connectivity index (χ2v) is 6.42. The van der Waals surface area contributed by atoms with E-state index >= 15 is 0 Å². The minimum atomic E-state index is -0.728. The standard InChI is InChI=1S/C22H24N2O7/c1-6-31-22(26)24-15-11-13(27-2)7-8-14(15)18(23)19(24)20(25)12-9-16(28-3)21(30-5)17(10-12)29-4/h7-11H,6,23H2,1-5H3. The van der Waals surface area contributed by atoms with Crippen LogP contribution in [0.1, 0.15) is 23.0 Å². The number of anilines is 1. The first-order valence-electron chi connectivity index (χ1n) is 9.41. The third kappa shape index (κ3) is 3.70. The lowest BCUT2D eigenvalue weighted by atomic mass is 10.1. The first-order chi connectivity index (χ1) is 14.9. The van der Waals surface area contributed by atoms with Crippen molar-refractivity contribution in [3.05, 3.63) is 41.6 Å². The van der Waals surface area contributed by atoms with E-state index in [1.54, 1.807) is 25.1 Å². The number of nitrogens with two attached hydrogens (primary N) is 1. The van der Waals surface area contributed by atoms with Crippen molar-refractivity contribution in [2.45, 2.75) is 6.92 Å². The van der Waals surface area contributed by atoms with Crippen LogP contribution in [0, 0.1) is 0 Å². The molecule has 0 aliphatic heterocycles. The molecule has 0 saturated carbocycles. The molecule has 0 radical (unpaired) electrons. The van der Waals surface area contributed by atoms with Crippen LogP contribution < -0.4 is 24.7 Å². The Hall–Kier alpha value is -3.88. The van der Waals surface area contributed by atoms with E-state index in [1.165, 1.54) is 40.6 Å². The SMILES string of the molecule is CCOC(=O)n1c(C(=O)c2cc(OC)c(OC)c(OC)c2)c(N)c2ccc(OC)cc21. The van der Waals surface area contributed by atoms with Crippen LogP contribution in [0.25, 0.3) is 10.9 Å². The van der Waals surface area contributed by atoms with Crippen molar-refractivity contribution in [1.29, 1.82) is 0 Å². The summed E-state index contributed by atoms with van der Waals surface area (Å²) in [7, 11) is 5.86. The number of ketones is 1. The molecule has 0 unspecified atom stereocenters. The molecule has 0 fully saturated rings. The molecule has 2 N–H and O–H groups in total.